The summed E-state index contributed by atoms with van der Waals surface area (Å²) in [7, 11) is 1.23. The lowest BCUT2D eigenvalue weighted by atomic mass is 10.1. The van der Waals surface area contributed by atoms with Gasteiger partial charge in [-0.05, 0) is 18.8 Å². The number of aliphatic hydroxyl groups excluding tert-OH is 1. The summed E-state index contributed by atoms with van der Waals surface area (Å²) in [5.74, 6) is -0.326. The van der Waals surface area contributed by atoms with Crippen LogP contribution in [0.25, 0.3) is 0 Å². The maximum Gasteiger partial charge on any atom is 0.327 e. The molecule has 2 N–H and O–H groups in total. The first-order valence-corrected chi connectivity index (χ1v) is 7.04. The summed E-state index contributed by atoms with van der Waals surface area (Å²) in [6.45, 7) is 2.46. The fourth-order valence-corrected chi connectivity index (χ4v) is 1.87. The molecule has 0 aromatic carbocycles. The molecule has 118 valence electrons. The Kier molecular flexibility index (Phi) is 7.18. The van der Waals surface area contributed by atoms with E-state index in [0.717, 1.165) is 17.5 Å². The number of rotatable bonds is 8. The topological polar surface area (TPSA) is 93.5 Å². The summed E-state index contributed by atoms with van der Waals surface area (Å²) >= 11 is 5.97. The molecule has 0 spiro atoms. The van der Waals surface area contributed by atoms with Crippen molar-refractivity contribution in [3.05, 3.63) is 21.6 Å². The van der Waals surface area contributed by atoms with Crippen LogP contribution >= 0.6 is 11.6 Å². The Morgan fingerprint density at radius 3 is 2.95 bits per heavy atom. The van der Waals surface area contributed by atoms with Crippen LogP contribution < -0.4 is 10.9 Å². The van der Waals surface area contributed by atoms with Crippen LogP contribution in [0.2, 0.25) is 5.02 Å². The third-order valence-electron chi connectivity index (χ3n) is 2.99. The van der Waals surface area contributed by atoms with Crippen molar-refractivity contribution >= 4 is 23.3 Å². The molecular formula is C13H20ClN3O4. The zero-order chi connectivity index (χ0) is 15.8. The van der Waals surface area contributed by atoms with Gasteiger partial charge in [0.15, 0.2) is 0 Å². The number of aliphatic hydroxyl groups is 1. The van der Waals surface area contributed by atoms with Gasteiger partial charge in [-0.15, -0.1) is 0 Å². The van der Waals surface area contributed by atoms with Crippen molar-refractivity contribution in [1.82, 2.24) is 9.78 Å². The zero-order valence-electron chi connectivity index (χ0n) is 12.1. The molecule has 1 rings (SSSR count). The largest absolute Gasteiger partial charge is 0.468 e. The molecule has 1 unspecified atom stereocenters. The average molecular weight is 318 g/mol. The highest BCUT2D eigenvalue weighted by Gasteiger charge is 2.12. The summed E-state index contributed by atoms with van der Waals surface area (Å²) < 4.78 is 5.43. The highest BCUT2D eigenvalue weighted by atomic mass is 35.5. The number of hydrogen-bond acceptors (Lipinski definition) is 6. The van der Waals surface area contributed by atoms with Gasteiger partial charge >= 0.3 is 5.97 Å². The number of nitrogens with one attached hydrogen (secondary N) is 1. The normalized spacial score (nSPS) is 12.0. The van der Waals surface area contributed by atoms with Crippen LogP contribution in [0.1, 0.15) is 19.8 Å². The SMILES string of the molecule is COC(=O)Cn1ncc(NCCCC(C)CO)c(Cl)c1=O. The number of hydrogen-bond donors (Lipinski definition) is 2. The number of anilines is 1. The number of aromatic nitrogens is 2. The second-order valence-corrected chi connectivity index (χ2v) is 5.15. The molecule has 7 nitrogen and oxygen atoms in total. The smallest absolute Gasteiger partial charge is 0.327 e. The van der Waals surface area contributed by atoms with Gasteiger partial charge in [0.25, 0.3) is 5.56 Å². The van der Waals surface area contributed by atoms with E-state index in [1.54, 1.807) is 0 Å². The van der Waals surface area contributed by atoms with E-state index in [9.17, 15) is 9.59 Å². The Balaban J connectivity index is 2.63. The molecule has 0 fully saturated rings. The Bertz CT molecular complexity index is 533. The fraction of sp³-hybridized carbons (Fsp3) is 0.615. The summed E-state index contributed by atoms with van der Waals surface area (Å²) in [5, 5.41) is 15.8. The molecule has 8 heteroatoms. The lowest BCUT2D eigenvalue weighted by Crippen LogP contribution is -2.28. The molecule has 1 aromatic rings. The number of carbonyl (C=O) groups is 1. The molecule has 0 aliphatic rings. The van der Waals surface area contributed by atoms with Crippen LogP contribution in [-0.4, -0.2) is 41.1 Å². The molecule has 0 aliphatic carbocycles. The van der Waals surface area contributed by atoms with Crippen LogP contribution in [0.4, 0.5) is 5.69 Å². The molecule has 0 amide bonds. The number of carbonyl (C=O) groups excluding carboxylic acids is 1. The van der Waals surface area contributed by atoms with Gasteiger partial charge in [0.1, 0.15) is 11.6 Å². The molecule has 0 saturated carbocycles. The minimum absolute atomic E-state index is 0.0101. The summed E-state index contributed by atoms with van der Waals surface area (Å²) in [4.78, 5) is 23.0. The van der Waals surface area contributed by atoms with Crippen LogP contribution in [0, 0.1) is 5.92 Å². The van der Waals surface area contributed by atoms with Crippen molar-refractivity contribution in [2.75, 3.05) is 25.6 Å². The van der Waals surface area contributed by atoms with E-state index in [4.69, 9.17) is 16.7 Å². The number of ether oxygens (including phenoxy) is 1. The van der Waals surface area contributed by atoms with Crippen LogP contribution in [0.15, 0.2) is 11.0 Å². The number of halogens is 1. The van der Waals surface area contributed by atoms with E-state index in [1.807, 2.05) is 6.92 Å². The first-order chi connectivity index (χ1) is 9.99. The van der Waals surface area contributed by atoms with Crippen LogP contribution in [-0.2, 0) is 16.1 Å². The van der Waals surface area contributed by atoms with Crippen molar-refractivity contribution in [3.8, 4) is 0 Å². The maximum atomic E-state index is 11.9. The van der Waals surface area contributed by atoms with Gasteiger partial charge in [-0.3, -0.25) is 9.59 Å². The lowest BCUT2D eigenvalue weighted by Gasteiger charge is -2.11. The van der Waals surface area contributed by atoms with Gasteiger partial charge in [0.2, 0.25) is 0 Å². The molecular weight excluding hydrogens is 298 g/mol. The molecule has 0 bridgehead atoms. The molecule has 1 atom stereocenters. The van der Waals surface area contributed by atoms with E-state index in [1.165, 1.54) is 13.3 Å². The van der Waals surface area contributed by atoms with Gasteiger partial charge < -0.3 is 15.2 Å². The van der Waals surface area contributed by atoms with Gasteiger partial charge in [-0.2, -0.15) is 5.10 Å². The maximum absolute atomic E-state index is 11.9. The number of nitrogens with zero attached hydrogens (tertiary/aromatic N) is 2. The summed E-state index contributed by atoms with van der Waals surface area (Å²) in [6.07, 6.45) is 3.11. The molecule has 1 heterocycles. The molecule has 0 aliphatic heterocycles. The minimum Gasteiger partial charge on any atom is -0.468 e. The molecule has 21 heavy (non-hydrogen) atoms. The zero-order valence-corrected chi connectivity index (χ0v) is 12.9. The second kappa shape index (κ2) is 8.63. The predicted molar refractivity (Wildman–Crippen MR) is 79.5 cm³/mol. The molecule has 1 aromatic heterocycles. The second-order valence-electron chi connectivity index (χ2n) is 4.77. The van der Waals surface area contributed by atoms with Gasteiger partial charge in [0.05, 0.1) is 19.0 Å². The Labute approximate surface area is 127 Å². The van der Waals surface area contributed by atoms with Gasteiger partial charge in [-0.1, -0.05) is 18.5 Å². The third-order valence-corrected chi connectivity index (χ3v) is 3.36. The Morgan fingerprint density at radius 2 is 2.33 bits per heavy atom. The average Bonchev–Trinajstić information content (AvgIpc) is 2.49. The first-order valence-electron chi connectivity index (χ1n) is 6.66. The van der Waals surface area contributed by atoms with E-state index in [-0.39, 0.29) is 24.1 Å². The van der Waals surface area contributed by atoms with Crippen LogP contribution in [0.5, 0.6) is 0 Å². The monoisotopic (exact) mass is 317 g/mol. The standard InChI is InChI=1S/C13H20ClN3O4/c1-9(8-18)4-3-5-15-10-6-16-17(7-11(19)21-2)13(20)12(10)14/h6,9,15,18H,3-5,7-8H2,1-2H3. The van der Waals surface area contributed by atoms with Crippen molar-refractivity contribution in [2.24, 2.45) is 5.92 Å². The third kappa shape index (κ3) is 5.35. The Morgan fingerprint density at radius 1 is 1.62 bits per heavy atom. The predicted octanol–water partition coefficient (Wildman–Crippen LogP) is 0.890. The highest BCUT2D eigenvalue weighted by molar-refractivity contribution is 6.32. The fourth-order valence-electron chi connectivity index (χ4n) is 1.65. The number of methoxy groups -OCH3 is 1. The molecule has 0 saturated heterocycles. The van der Waals surface area contributed by atoms with E-state index in [2.05, 4.69) is 15.2 Å². The van der Waals surface area contributed by atoms with E-state index in [0.29, 0.717) is 12.2 Å². The number of esters is 1. The molecule has 0 radical (unpaired) electrons. The van der Waals surface area contributed by atoms with Gasteiger partial charge in [0, 0.05) is 13.2 Å². The van der Waals surface area contributed by atoms with E-state index < -0.39 is 11.5 Å². The minimum atomic E-state index is -0.570. The summed E-state index contributed by atoms with van der Waals surface area (Å²) in [6, 6.07) is 0. The van der Waals surface area contributed by atoms with Crippen molar-refractivity contribution < 1.29 is 14.6 Å². The van der Waals surface area contributed by atoms with Crippen molar-refractivity contribution in [2.45, 2.75) is 26.3 Å². The van der Waals surface area contributed by atoms with E-state index >= 15 is 0 Å². The summed E-state index contributed by atoms with van der Waals surface area (Å²) in [5.41, 5.74) is -0.116. The quantitative estimate of drug-likeness (QED) is 0.546. The van der Waals surface area contributed by atoms with Crippen LogP contribution in [0.3, 0.4) is 0 Å². The van der Waals surface area contributed by atoms with Crippen molar-refractivity contribution in [1.29, 1.82) is 0 Å². The highest BCUT2D eigenvalue weighted by Crippen LogP contribution is 2.15. The van der Waals surface area contributed by atoms with Gasteiger partial charge in [-0.25, -0.2) is 4.68 Å². The van der Waals surface area contributed by atoms with Crippen molar-refractivity contribution in [3.63, 3.8) is 0 Å². The Hall–Kier alpha value is -1.60. The first kappa shape index (κ1) is 17.5. The lowest BCUT2D eigenvalue weighted by molar-refractivity contribution is -0.141.